The molecule has 1 aromatic carbocycles. The Hall–Kier alpha value is -2.08. The van der Waals surface area contributed by atoms with Crippen LogP contribution in [-0.4, -0.2) is 27.6 Å². The van der Waals surface area contributed by atoms with E-state index >= 15 is 0 Å². The SMILES string of the molecule is CC(C)CNC(=O)OCc1cn(Cc2ccccc2Cl)nn1. The van der Waals surface area contributed by atoms with Gasteiger partial charge in [-0.15, -0.1) is 5.10 Å². The number of benzene rings is 1. The molecule has 0 aliphatic heterocycles. The minimum Gasteiger partial charge on any atom is -0.443 e. The van der Waals surface area contributed by atoms with Gasteiger partial charge in [-0.3, -0.25) is 0 Å². The van der Waals surface area contributed by atoms with Crippen molar-refractivity contribution in [3.63, 3.8) is 0 Å². The van der Waals surface area contributed by atoms with Gasteiger partial charge in [0.25, 0.3) is 0 Å². The number of alkyl carbamates (subject to hydrolysis) is 1. The van der Waals surface area contributed by atoms with E-state index in [4.69, 9.17) is 16.3 Å². The van der Waals surface area contributed by atoms with E-state index in [0.29, 0.717) is 29.7 Å². The zero-order valence-corrected chi connectivity index (χ0v) is 13.4. The van der Waals surface area contributed by atoms with Crippen molar-refractivity contribution in [2.24, 2.45) is 5.92 Å². The van der Waals surface area contributed by atoms with Crippen molar-refractivity contribution in [2.45, 2.75) is 27.0 Å². The van der Waals surface area contributed by atoms with Gasteiger partial charge in [-0.05, 0) is 17.5 Å². The van der Waals surface area contributed by atoms with Gasteiger partial charge < -0.3 is 10.1 Å². The molecule has 1 aromatic heterocycles. The molecular weight excluding hydrogens is 304 g/mol. The maximum atomic E-state index is 11.5. The molecule has 1 N–H and O–H groups in total. The number of hydrogen-bond acceptors (Lipinski definition) is 4. The molecule has 6 nitrogen and oxygen atoms in total. The van der Waals surface area contributed by atoms with Crippen LogP contribution in [0.3, 0.4) is 0 Å². The highest BCUT2D eigenvalue weighted by Gasteiger charge is 2.07. The summed E-state index contributed by atoms with van der Waals surface area (Å²) in [7, 11) is 0. The number of nitrogens with zero attached hydrogens (tertiary/aromatic N) is 3. The predicted molar refractivity (Wildman–Crippen MR) is 83.6 cm³/mol. The Kier molecular flexibility index (Phi) is 5.77. The molecule has 0 fully saturated rings. The summed E-state index contributed by atoms with van der Waals surface area (Å²) < 4.78 is 6.73. The zero-order valence-electron chi connectivity index (χ0n) is 12.6. The van der Waals surface area contributed by atoms with Crippen LogP contribution in [-0.2, 0) is 17.9 Å². The topological polar surface area (TPSA) is 69.0 Å². The van der Waals surface area contributed by atoms with Crippen molar-refractivity contribution in [2.75, 3.05) is 6.54 Å². The van der Waals surface area contributed by atoms with Crippen LogP contribution >= 0.6 is 11.6 Å². The highest BCUT2D eigenvalue weighted by atomic mass is 35.5. The Balaban J connectivity index is 1.84. The highest BCUT2D eigenvalue weighted by Crippen LogP contribution is 2.15. The largest absolute Gasteiger partial charge is 0.443 e. The van der Waals surface area contributed by atoms with Crippen molar-refractivity contribution < 1.29 is 9.53 Å². The first kappa shape index (κ1) is 16.3. The van der Waals surface area contributed by atoms with Crippen LogP contribution in [0.15, 0.2) is 30.5 Å². The van der Waals surface area contributed by atoms with Gasteiger partial charge in [-0.2, -0.15) is 0 Å². The van der Waals surface area contributed by atoms with E-state index in [1.807, 2.05) is 38.1 Å². The summed E-state index contributed by atoms with van der Waals surface area (Å²) in [5.41, 5.74) is 1.54. The lowest BCUT2D eigenvalue weighted by molar-refractivity contribution is 0.137. The van der Waals surface area contributed by atoms with Gasteiger partial charge in [-0.25, -0.2) is 9.48 Å². The van der Waals surface area contributed by atoms with Crippen molar-refractivity contribution in [3.05, 3.63) is 46.7 Å². The summed E-state index contributed by atoms with van der Waals surface area (Å²) in [4.78, 5) is 11.5. The van der Waals surface area contributed by atoms with Gasteiger partial charge in [0, 0.05) is 11.6 Å². The third kappa shape index (κ3) is 5.04. The van der Waals surface area contributed by atoms with Crippen LogP contribution in [0.2, 0.25) is 5.02 Å². The average Bonchev–Trinajstić information content (AvgIpc) is 2.93. The summed E-state index contributed by atoms with van der Waals surface area (Å²) >= 11 is 6.10. The van der Waals surface area contributed by atoms with Crippen molar-refractivity contribution in [1.29, 1.82) is 0 Å². The van der Waals surface area contributed by atoms with Gasteiger partial charge >= 0.3 is 6.09 Å². The van der Waals surface area contributed by atoms with E-state index in [2.05, 4.69) is 15.6 Å². The van der Waals surface area contributed by atoms with Crippen LogP contribution < -0.4 is 5.32 Å². The Bertz CT molecular complexity index is 628. The van der Waals surface area contributed by atoms with E-state index in [1.165, 1.54) is 0 Å². The third-order valence-electron chi connectivity index (χ3n) is 2.88. The number of carbonyl (C=O) groups is 1. The first-order valence-corrected chi connectivity index (χ1v) is 7.45. The molecular formula is C15H19ClN4O2. The molecule has 0 spiro atoms. The van der Waals surface area contributed by atoms with Crippen molar-refractivity contribution >= 4 is 17.7 Å². The number of nitrogens with one attached hydrogen (secondary N) is 1. The van der Waals surface area contributed by atoms with Gasteiger partial charge in [0.1, 0.15) is 12.3 Å². The first-order valence-electron chi connectivity index (χ1n) is 7.07. The molecule has 22 heavy (non-hydrogen) atoms. The molecule has 118 valence electrons. The van der Waals surface area contributed by atoms with E-state index in [9.17, 15) is 4.79 Å². The Morgan fingerprint density at radius 3 is 2.91 bits per heavy atom. The lowest BCUT2D eigenvalue weighted by Crippen LogP contribution is -2.27. The van der Waals surface area contributed by atoms with Crippen LogP contribution in [0.1, 0.15) is 25.1 Å². The minimum atomic E-state index is -0.450. The fourth-order valence-corrected chi connectivity index (χ4v) is 1.96. The molecule has 0 saturated carbocycles. The first-order chi connectivity index (χ1) is 10.5. The number of amides is 1. The zero-order chi connectivity index (χ0) is 15.9. The maximum absolute atomic E-state index is 11.5. The van der Waals surface area contributed by atoms with Crippen LogP contribution in [0.25, 0.3) is 0 Å². The molecule has 0 bridgehead atoms. The molecule has 7 heteroatoms. The van der Waals surface area contributed by atoms with E-state index in [-0.39, 0.29) is 6.61 Å². The standard InChI is InChI=1S/C15H19ClN4O2/c1-11(2)7-17-15(21)22-10-13-9-20(19-18-13)8-12-5-3-4-6-14(12)16/h3-6,9,11H,7-8,10H2,1-2H3,(H,17,21). The minimum absolute atomic E-state index is 0.0897. The Labute approximate surface area is 134 Å². The molecule has 0 aliphatic carbocycles. The molecule has 2 aromatic rings. The molecule has 0 radical (unpaired) electrons. The van der Waals surface area contributed by atoms with Gasteiger partial charge in [0.2, 0.25) is 0 Å². The Morgan fingerprint density at radius 2 is 2.18 bits per heavy atom. The van der Waals surface area contributed by atoms with E-state index in [0.717, 1.165) is 5.56 Å². The van der Waals surface area contributed by atoms with E-state index < -0.39 is 6.09 Å². The molecule has 1 amide bonds. The van der Waals surface area contributed by atoms with Crippen LogP contribution in [0.5, 0.6) is 0 Å². The van der Waals surface area contributed by atoms with Gasteiger partial charge in [0.05, 0.1) is 12.7 Å². The van der Waals surface area contributed by atoms with Crippen LogP contribution in [0.4, 0.5) is 4.79 Å². The molecule has 0 unspecified atom stereocenters. The number of hydrogen-bond donors (Lipinski definition) is 1. The van der Waals surface area contributed by atoms with Crippen molar-refractivity contribution in [1.82, 2.24) is 20.3 Å². The number of ether oxygens (including phenoxy) is 1. The normalized spacial score (nSPS) is 10.7. The third-order valence-corrected chi connectivity index (χ3v) is 3.25. The second kappa shape index (κ2) is 7.79. The van der Waals surface area contributed by atoms with Crippen molar-refractivity contribution in [3.8, 4) is 0 Å². The smallest absolute Gasteiger partial charge is 0.407 e. The van der Waals surface area contributed by atoms with Gasteiger partial charge in [-0.1, -0.05) is 48.9 Å². The number of halogens is 1. The monoisotopic (exact) mass is 322 g/mol. The van der Waals surface area contributed by atoms with Crippen LogP contribution in [0, 0.1) is 5.92 Å². The molecule has 0 saturated heterocycles. The molecule has 0 atom stereocenters. The highest BCUT2D eigenvalue weighted by molar-refractivity contribution is 6.31. The lowest BCUT2D eigenvalue weighted by atomic mass is 10.2. The summed E-state index contributed by atoms with van der Waals surface area (Å²) in [5.74, 6) is 0.379. The Morgan fingerprint density at radius 1 is 1.41 bits per heavy atom. The average molecular weight is 323 g/mol. The summed E-state index contributed by atoms with van der Waals surface area (Å²) in [6, 6.07) is 7.56. The summed E-state index contributed by atoms with van der Waals surface area (Å²) in [6.07, 6.45) is 1.29. The van der Waals surface area contributed by atoms with E-state index in [1.54, 1.807) is 10.9 Å². The summed E-state index contributed by atoms with van der Waals surface area (Å²) in [6.45, 7) is 5.22. The second-order valence-corrected chi connectivity index (χ2v) is 5.76. The predicted octanol–water partition coefficient (Wildman–Crippen LogP) is 2.86. The maximum Gasteiger partial charge on any atom is 0.407 e. The fraction of sp³-hybridized carbons (Fsp3) is 0.400. The number of aromatic nitrogens is 3. The quantitative estimate of drug-likeness (QED) is 0.888. The van der Waals surface area contributed by atoms with Gasteiger partial charge in [0.15, 0.2) is 0 Å². The summed E-state index contributed by atoms with van der Waals surface area (Å²) in [5, 5.41) is 11.3. The fourth-order valence-electron chi connectivity index (χ4n) is 1.76. The number of rotatable bonds is 6. The molecule has 2 rings (SSSR count). The second-order valence-electron chi connectivity index (χ2n) is 5.35. The lowest BCUT2D eigenvalue weighted by Gasteiger charge is -2.07. The molecule has 0 aliphatic rings. The molecule has 1 heterocycles. The number of carbonyl (C=O) groups excluding carboxylic acids is 1.